The lowest BCUT2D eigenvalue weighted by Gasteiger charge is -2.10. The number of nitriles is 1. The molecular weight excluding hydrogens is 316 g/mol. The van der Waals surface area contributed by atoms with Crippen molar-refractivity contribution >= 4 is 11.7 Å². The normalized spacial score (nSPS) is 10.3. The number of esters is 1. The highest BCUT2D eigenvalue weighted by atomic mass is 16.5. The number of hydrogen-bond donors (Lipinski definition) is 1. The number of benzene rings is 1. The van der Waals surface area contributed by atoms with Gasteiger partial charge >= 0.3 is 5.97 Å². The third kappa shape index (κ3) is 2.83. The van der Waals surface area contributed by atoms with Crippen LogP contribution in [0.3, 0.4) is 0 Å². The Kier molecular flexibility index (Phi) is 4.23. The molecule has 2 aromatic heterocycles. The van der Waals surface area contributed by atoms with Crippen molar-refractivity contribution < 1.29 is 9.53 Å². The molecule has 6 heteroatoms. The first kappa shape index (κ1) is 16.3. The molecule has 0 fully saturated rings. The molecule has 1 aromatic carbocycles. The van der Waals surface area contributed by atoms with Crippen molar-refractivity contribution in [1.29, 1.82) is 5.26 Å². The van der Waals surface area contributed by atoms with Gasteiger partial charge in [-0.05, 0) is 30.7 Å². The summed E-state index contributed by atoms with van der Waals surface area (Å²) in [5, 5.41) is 9.18. The van der Waals surface area contributed by atoms with E-state index in [2.05, 4.69) is 4.98 Å². The topological polar surface area (TPSA) is 93.9 Å². The van der Waals surface area contributed by atoms with Crippen LogP contribution in [0, 0.1) is 18.3 Å². The summed E-state index contributed by atoms with van der Waals surface area (Å²) >= 11 is 0. The maximum absolute atomic E-state index is 12.0. The largest absolute Gasteiger partial charge is 0.464 e. The van der Waals surface area contributed by atoms with Gasteiger partial charge in [0, 0.05) is 23.6 Å². The number of ether oxygens (including phenoxy) is 1. The molecule has 0 aliphatic rings. The van der Waals surface area contributed by atoms with Gasteiger partial charge in [-0.15, -0.1) is 0 Å². The summed E-state index contributed by atoms with van der Waals surface area (Å²) in [5.74, 6) is -0.594. The van der Waals surface area contributed by atoms with Crippen molar-refractivity contribution in [3.63, 3.8) is 0 Å². The number of aryl methyl sites for hydroxylation is 1. The van der Waals surface area contributed by atoms with Gasteiger partial charge in [-0.2, -0.15) is 5.26 Å². The number of nitrogens with two attached hydrogens (primary N) is 1. The van der Waals surface area contributed by atoms with Crippen LogP contribution < -0.4 is 5.73 Å². The van der Waals surface area contributed by atoms with Gasteiger partial charge in [0.15, 0.2) is 5.69 Å². The molecule has 2 heterocycles. The average molecular weight is 332 g/mol. The Bertz CT molecular complexity index is 982. The van der Waals surface area contributed by atoms with Gasteiger partial charge in [0.05, 0.1) is 24.1 Å². The Morgan fingerprint density at radius 3 is 2.60 bits per heavy atom. The van der Waals surface area contributed by atoms with Crippen LogP contribution in [-0.4, -0.2) is 22.6 Å². The Labute approximate surface area is 145 Å². The lowest BCUT2D eigenvalue weighted by molar-refractivity contribution is 0.0593. The SMILES string of the molecule is COC(=O)c1c(N)c(C#N)cn1-c1ccc(-c2ncccc2C)cc1. The number of anilines is 1. The molecule has 6 nitrogen and oxygen atoms in total. The van der Waals surface area contributed by atoms with Crippen molar-refractivity contribution in [3.05, 3.63) is 65.6 Å². The summed E-state index contributed by atoms with van der Waals surface area (Å²) in [6.45, 7) is 2.00. The molecule has 0 radical (unpaired) electrons. The van der Waals surface area contributed by atoms with E-state index < -0.39 is 5.97 Å². The van der Waals surface area contributed by atoms with Crippen LogP contribution in [0.5, 0.6) is 0 Å². The Hall–Kier alpha value is -3.59. The van der Waals surface area contributed by atoms with E-state index in [9.17, 15) is 10.1 Å². The smallest absolute Gasteiger partial charge is 0.357 e. The van der Waals surface area contributed by atoms with Gasteiger partial charge in [-0.25, -0.2) is 4.79 Å². The van der Waals surface area contributed by atoms with Gasteiger partial charge in [-0.1, -0.05) is 18.2 Å². The van der Waals surface area contributed by atoms with E-state index in [1.165, 1.54) is 13.3 Å². The number of rotatable bonds is 3. The molecular formula is C19H16N4O2. The summed E-state index contributed by atoms with van der Waals surface area (Å²) in [5.41, 5.74) is 10.0. The van der Waals surface area contributed by atoms with Crippen LogP contribution >= 0.6 is 0 Å². The molecule has 25 heavy (non-hydrogen) atoms. The van der Waals surface area contributed by atoms with Gasteiger partial charge in [0.2, 0.25) is 0 Å². The zero-order valence-electron chi connectivity index (χ0n) is 13.9. The second kappa shape index (κ2) is 6.49. The molecule has 0 amide bonds. The maximum Gasteiger partial charge on any atom is 0.357 e. The molecule has 0 unspecified atom stereocenters. The quantitative estimate of drug-likeness (QED) is 0.744. The third-order valence-electron chi connectivity index (χ3n) is 3.97. The third-order valence-corrected chi connectivity index (χ3v) is 3.97. The monoisotopic (exact) mass is 332 g/mol. The fraction of sp³-hybridized carbons (Fsp3) is 0.105. The average Bonchev–Trinajstić information content (AvgIpc) is 2.98. The number of nitrogens with zero attached hydrogens (tertiary/aromatic N) is 3. The molecule has 0 atom stereocenters. The molecule has 3 aromatic rings. The van der Waals surface area contributed by atoms with Crippen LogP contribution in [0.15, 0.2) is 48.8 Å². The number of aromatic nitrogens is 2. The summed E-state index contributed by atoms with van der Waals surface area (Å²) in [6, 6.07) is 13.4. The Balaban J connectivity index is 2.08. The minimum absolute atomic E-state index is 0.110. The van der Waals surface area contributed by atoms with Crippen molar-refractivity contribution in [3.8, 4) is 23.0 Å². The lowest BCUT2D eigenvalue weighted by atomic mass is 10.1. The Morgan fingerprint density at radius 2 is 2.00 bits per heavy atom. The van der Waals surface area contributed by atoms with Crippen LogP contribution in [0.4, 0.5) is 5.69 Å². The standard InChI is InChI=1S/C19H16N4O2/c1-12-4-3-9-22-17(12)13-5-7-15(8-6-13)23-11-14(10-20)16(21)18(23)19(24)25-2/h3-9,11H,21H2,1-2H3. The van der Waals surface area contributed by atoms with E-state index in [4.69, 9.17) is 10.5 Å². The fourth-order valence-electron chi connectivity index (χ4n) is 2.69. The molecule has 0 aliphatic heterocycles. The maximum atomic E-state index is 12.0. The molecule has 3 rings (SSSR count). The van der Waals surface area contributed by atoms with Crippen LogP contribution in [0.2, 0.25) is 0 Å². The molecule has 2 N–H and O–H groups in total. The van der Waals surface area contributed by atoms with E-state index in [0.29, 0.717) is 5.69 Å². The first-order valence-electron chi connectivity index (χ1n) is 7.58. The minimum atomic E-state index is -0.594. The van der Waals surface area contributed by atoms with E-state index in [0.717, 1.165) is 16.8 Å². The number of pyridine rings is 1. The lowest BCUT2D eigenvalue weighted by Crippen LogP contribution is -2.11. The van der Waals surface area contributed by atoms with Crippen molar-refractivity contribution in [2.45, 2.75) is 6.92 Å². The second-order valence-corrected chi connectivity index (χ2v) is 5.49. The molecule has 124 valence electrons. The number of hydrogen-bond acceptors (Lipinski definition) is 5. The van der Waals surface area contributed by atoms with Gasteiger partial charge < -0.3 is 15.0 Å². The van der Waals surface area contributed by atoms with E-state index in [1.807, 2.05) is 49.4 Å². The molecule has 0 aliphatic carbocycles. The van der Waals surface area contributed by atoms with Gasteiger partial charge in [0.25, 0.3) is 0 Å². The molecule has 0 bridgehead atoms. The highest BCUT2D eigenvalue weighted by Crippen LogP contribution is 2.27. The Morgan fingerprint density at radius 1 is 1.28 bits per heavy atom. The predicted octanol–water partition coefficient (Wildman–Crippen LogP) is 3.09. The van der Waals surface area contributed by atoms with Gasteiger partial charge in [-0.3, -0.25) is 4.98 Å². The highest BCUT2D eigenvalue weighted by molar-refractivity contribution is 5.96. The van der Waals surface area contributed by atoms with Crippen LogP contribution in [0.25, 0.3) is 16.9 Å². The van der Waals surface area contributed by atoms with Gasteiger partial charge in [0.1, 0.15) is 6.07 Å². The summed E-state index contributed by atoms with van der Waals surface area (Å²) in [6.07, 6.45) is 3.28. The number of methoxy groups -OCH3 is 1. The van der Waals surface area contributed by atoms with Crippen molar-refractivity contribution in [2.75, 3.05) is 12.8 Å². The van der Waals surface area contributed by atoms with E-state index >= 15 is 0 Å². The zero-order valence-corrected chi connectivity index (χ0v) is 13.9. The molecule has 0 saturated heterocycles. The first-order valence-corrected chi connectivity index (χ1v) is 7.58. The van der Waals surface area contributed by atoms with Crippen LogP contribution in [-0.2, 0) is 4.74 Å². The highest BCUT2D eigenvalue weighted by Gasteiger charge is 2.21. The van der Waals surface area contributed by atoms with Crippen LogP contribution in [0.1, 0.15) is 21.6 Å². The van der Waals surface area contributed by atoms with E-state index in [-0.39, 0.29) is 16.9 Å². The van der Waals surface area contributed by atoms with E-state index in [1.54, 1.807) is 10.8 Å². The second-order valence-electron chi connectivity index (χ2n) is 5.49. The molecule has 0 saturated carbocycles. The molecule has 0 spiro atoms. The number of carbonyl (C=O) groups excluding carboxylic acids is 1. The summed E-state index contributed by atoms with van der Waals surface area (Å²) in [4.78, 5) is 16.4. The minimum Gasteiger partial charge on any atom is -0.464 e. The van der Waals surface area contributed by atoms with Crippen molar-refractivity contribution in [1.82, 2.24) is 9.55 Å². The van der Waals surface area contributed by atoms with Crippen molar-refractivity contribution in [2.24, 2.45) is 0 Å². The number of carbonyl (C=O) groups is 1. The number of nitrogen functional groups attached to an aromatic ring is 1. The summed E-state index contributed by atoms with van der Waals surface area (Å²) < 4.78 is 6.35. The predicted molar refractivity (Wildman–Crippen MR) is 94.2 cm³/mol. The zero-order chi connectivity index (χ0) is 18.0. The first-order chi connectivity index (χ1) is 12.1. The fourth-order valence-corrected chi connectivity index (χ4v) is 2.69. The summed E-state index contributed by atoms with van der Waals surface area (Å²) in [7, 11) is 1.28.